The van der Waals surface area contributed by atoms with Gasteiger partial charge >= 0.3 is 0 Å². The molecule has 1 aromatic carbocycles. The quantitative estimate of drug-likeness (QED) is 0.790. The van der Waals surface area contributed by atoms with Crippen LogP contribution in [-0.4, -0.2) is 21.9 Å². The minimum atomic E-state index is 0.249. The van der Waals surface area contributed by atoms with E-state index < -0.39 is 0 Å². The molecule has 1 aromatic heterocycles. The van der Waals surface area contributed by atoms with Crippen LogP contribution in [0.15, 0.2) is 36.5 Å². The highest BCUT2D eigenvalue weighted by Crippen LogP contribution is 2.16. The Morgan fingerprint density at radius 3 is 3.00 bits per heavy atom. The molecule has 0 fully saturated rings. The number of hydrogen-bond donors (Lipinski definition) is 2. The number of phenolic OH excluding ortho intramolecular Hbond substituents is 1. The number of aromatic nitrogens is 2. The fourth-order valence-electron chi connectivity index (χ4n) is 1.50. The van der Waals surface area contributed by atoms with Gasteiger partial charge in [-0.25, -0.2) is 4.68 Å². The van der Waals surface area contributed by atoms with Crippen molar-refractivity contribution in [3.05, 3.63) is 42.2 Å². The summed E-state index contributed by atoms with van der Waals surface area (Å²) < 4.78 is 1.80. The Morgan fingerprint density at radius 1 is 1.40 bits per heavy atom. The Bertz CT molecular complexity index is 451. The van der Waals surface area contributed by atoms with Crippen molar-refractivity contribution in [2.45, 2.75) is 6.54 Å². The first-order valence-corrected chi connectivity index (χ1v) is 4.78. The van der Waals surface area contributed by atoms with Gasteiger partial charge < -0.3 is 10.4 Å². The highest BCUT2D eigenvalue weighted by atomic mass is 16.3. The lowest BCUT2D eigenvalue weighted by molar-refractivity contribution is 0.474. The molecule has 15 heavy (non-hydrogen) atoms. The monoisotopic (exact) mass is 203 g/mol. The zero-order valence-electron chi connectivity index (χ0n) is 8.51. The third kappa shape index (κ3) is 1.99. The molecule has 4 nitrogen and oxygen atoms in total. The average Bonchev–Trinajstić information content (AvgIpc) is 2.66. The maximum atomic E-state index is 9.38. The van der Waals surface area contributed by atoms with Crippen LogP contribution in [0.3, 0.4) is 0 Å². The lowest BCUT2D eigenvalue weighted by Crippen LogP contribution is -2.10. The number of hydrogen-bond acceptors (Lipinski definition) is 3. The van der Waals surface area contributed by atoms with Gasteiger partial charge in [0, 0.05) is 18.8 Å². The minimum absolute atomic E-state index is 0.249. The molecule has 0 aliphatic heterocycles. The second-order valence-corrected chi connectivity index (χ2v) is 3.28. The standard InChI is InChI=1S/C11H13N3O/c1-12-8-10-5-6-13-14(10)9-3-2-4-11(15)7-9/h2-7,12,15H,8H2,1H3. The van der Waals surface area contributed by atoms with Crippen LogP contribution in [0.25, 0.3) is 5.69 Å². The zero-order valence-corrected chi connectivity index (χ0v) is 8.51. The van der Waals surface area contributed by atoms with Crippen molar-refractivity contribution in [2.24, 2.45) is 0 Å². The Labute approximate surface area is 88.2 Å². The van der Waals surface area contributed by atoms with Crippen molar-refractivity contribution >= 4 is 0 Å². The van der Waals surface area contributed by atoms with Crippen molar-refractivity contribution in [3.63, 3.8) is 0 Å². The summed E-state index contributed by atoms with van der Waals surface area (Å²) in [6.07, 6.45) is 1.75. The highest BCUT2D eigenvalue weighted by molar-refractivity contribution is 5.38. The van der Waals surface area contributed by atoms with Crippen LogP contribution in [0.1, 0.15) is 5.69 Å². The van der Waals surface area contributed by atoms with Crippen molar-refractivity contribution < 1.29 is 5.11 Å². The fraction of sp³-hybridized carbons (Fsp3) is 0.182. The molecule has 2 aromatic rings. The fourth-order valence-corrected chi connectivity index (χ4v) is 1.50. The van der Waals surface area contributed by atoms with E-state index >= 15 is 0 Å². The normalized spacial score (nSPS) is 10.5. The maximum absolute atomic E-state index is 9.38. The van der Waals surface area contributed by atoms with Gasteiger partial charge in [0.05, 0.1) is 11.4 Å². The summed E-state index contributed by atoms with van der Waals surface area (Å²) >= 11 is 0. The van der Waals surface area contributed by atoms with E-state index in [2.05, 4.69) is 10.4 Å². The molecular weight excluding hydrogens is 190 g/mol. The van der Waals surface area contributed by atoms with Crippen LogP contribution < -0.4 is 5.32 Å². The van der Waals surface area contributed by atoms with Crippen molar-refractivity contribution in [2.75, 3.05) is 7.05 Å². The largest absolute Gasteiger partial charge is 0.508 e. The molecule has 0 saturated carbocycles. The summed E-state index contributed by atoms with van der Waals surface area (Å²) in [4.78, 5) is 0. The zero-order chi connectivity index (χ0) is 10.7. The van der Waals surface area contributed by atoms with Crippen LogP contribution in [-0.2, 0) is 6.54 Å². The van der Waals surface area contributed by atoms with E-state index in [0.29, 0.717) is 0 Å². The number of phenols is 1. The van der Waals surface area contributed by atoms with Crippen LogP contribution in [0, 0.1) is 0 Å². The molecule has 0 aliphatic rings. The molecule has 78 valence electrons. The van der Waals surface area contributed by atoms with Crippen LogP contribution in [0.2, 0.25) is 0 Å². The highest BCUT2D eigenvalue weighted by Gasteiger charge is 2.03. The predicted molar refractivity (Wildman–Crippen MR) is 58.0 cm³/mol. The number of nitrogens with one attached hydrogen (secondary N) is 1. The molecular formula is C11H13N3O. The van der Waals surface area contributed by atoms with Crippen molar-refractivity contribution in [1.29, 1.82) is 0 Å². The maximum Gasteiger partial charge on any atom is 0.117 e. The van der Waals surface area contributed by atoms with Gasteiger partial charge in [0.2, 0.25) is 0 Å². The van der Waals surface area contributed by atoms with E-state index in [1.54, 1.807) is 29.1 Å². The third-order valence-electron chi connectivity index (χ3n) is 2.15. The van der Waals surface area contributed by atoms with Gasteiger partial charge in [0.1, 0.15) is 5.75 Å². The first kappa shape index (κ1) is 9.73. The van der Waals surface area contributed by atoms with Gasteiger partial charge in [-0.1, -0.05) is 6.07 Å². The Balaban J connectivity index is 2.40. The van der Waals surface area contributed by atoms with Gasteiger partial charge in [-0.3, -0.25) is 0 Å². The third-order valence-corrected chi connectivity index (χ3v) is 2.15. The molecule has 0 amide bonds. The molecule has 0 atom stereocenters. The van der Waals surface area contributed by atoms with Crippen LogP contribution in [0.4, 0.5) is 0 Å². The molecule has 2 rings (SSSR count). The SMILES string of the molecule is CNCc1ccnn1-c1cccc(O)c1. The van der Waals surface area contributed by atoms with Gasteiger partial charge in [0.25, 0.3) is 0 Å². The molecule has 0 unspecified atom stereocenters. The Hall–Kier alpha value is -1.81. The second kappa shape index (κ2) is 4.14. The van der Waals surface area contributed by atoms with Crippen molar-refractivity contribution in [3.8, 4) is 11.4 Å². The van der Waals surface area contributed by atoms with E-state index in [1.807, 2.05) is 19.2 Å². The molecule has 0 spiro atoms. The smallest absolute Gasteiger partial charge is 0.117 e. The molecule has 2 N–H and O–H groups in total. The molecule has 0 saturated heterocycles. The van der Waals surface area contributed by atoms with Gasteiger partial charge in [-0.2, -0.15) is 5.10 Å². The van der Waals surface area contributed by atoms with Gasteiger partial charge in [-0.15, -0.1) is 0 Å². The summed E-state index contributed by atoms with van der Waals surface area (Å²) in [5, 5.41) is 16.7. The molecule has 0 bridgehead atoms. The predicted octanol–water partition coefficient (Wildman–Crippen LogP) is 1.30. The van der Waals surface area contributed by atoms with E-state index in [0.717, 1.165) is 17.9 Å². The number of nitrogens with zero attached hydrogens (tertiary/aromatic N) is 2. The average molecular weight is 203 g/mol. The van der Waals surface area contributed by atoms with Gasteiger partial charge in [-0.05, 0) is 25.2 Å². The van der Waals surface area contributed by atoms with E-state index in [1.165, 1.54) is 0 Å². The Kier molecular flexibility index (Phi) is 2.69. The van der Waals surface area contributed by atoms with E-state index in [-0.39, 0.29) is 5.75 Å². The lowest BCUT2D eigenvalue weighted by Gasteiger charge is -2.07. The summed E-state index contributed by atoms with van der Waals surface area (Å²) in [6, 6.07) is 8.98. The lowest BCUT2D eigenvalue weighted by atomic mass is 10.3. The number of benzene rings is 1. The van der Waals surface area contributed by atoms with Crippen LogP contribution in [0.5, 0.6) is 5.75 Å². The second-order valence-electron chi connectivity index (χ2n) is 3.28. The van der Waals surface area contributed by atoms with Crippen LogP contribution >= 0.6 is 0 Å². The minimum Gasteiger partial charge on any atom is -0.508 e. The molecule has 4 heteroatoms. The molecule has 0 aliphatic carbocycles. The molecule has 0 radical (unpaired) electrons. The first-order valence-electron chi connectivity index (χ1n) is 4.78. The van der Waals surface area contributed by atoms with Crippen molar-refractivity contribution in [1.82, 2.24) is 15.1 Å². The summed E-state index contributed by atoms with van der Waals surface area (Å²) in [5.41, 5.74) is 1.92. The first-order chi connectivity index (χ1) is 7.31. The number of rotatable bonds is 3. The van der Waals surface area contributed by atoms with Gasteiger partial charge in [0.15, 0.2) is 0 Å². The van der Waals surface area contributed by atoms with E-state index in [4.69, 9.17) is 0 Å². The summed E-state index contributed by atoms with van der Waals surface area (Å²) in [7, 11) is 1.89. The van der Waals surface area contributed by atoms with E-state index in [9.17, 15) is 5.11 Å². The summed E-state index contributed by atoms with van der Waals surface area (Å²) in [6.45, 7) is 0.746. The topological polar surface area (TPSA) is 50.1 Å². The number of aromatic hydroxyl groups is 1. The Morgan fingerprint density at radius 2 is 2.27 bits per heavy atom. The summed E-state index contributed by atoms with van der Waals surface area (Å²) in [5.74, 6) is 0.249. The molecule has 1 heterocycles.